The average Bonchev–Trinajstić information content (AvgIpc) is 3.14. The number of unbranched alkanes of at least 4 members (excludes halogenated alkanes) is 2. The molecule has 5 amide bonds. The number of rotatable bonds is 13. The minimum atomic E-state index is -0.782. The number of hydrogen-bond donors (Lipinski definition) is 3. The van der Waals surface area contributed by atoms with E-state index in [4.69, 9.17) is 0 Å². The van der Waals surface area contributed by atoms with Gasteiger partial charge in [0.2, 0.25) is 17.7 Å². The minimum absolute atomic E-state index is 0.172. The number of nitrogens with zero attached hydrogens (tertiary/aromatic N) is 1. The highest BCUT2D eigenvalue weighted by Crippen LogP contribution is 2.13. The highest BCUT2D eigenvalue weighted by atomic mass is 127. The van der Waals surface area contributed by atoms with Gasteiger partial charge in [0.05, 0.1) is 0 Å². The van der Waals surface area contributed by atoms with Crippen LogP contribution in [0.5, 0.6) is 0 Å². The summed E-state index contributed by atoms with van der Waals surface area (Å²) in [5, 5.41) is 8.22. The van der Waals surface area contributed by atoms with E-state index in [2.05, 4.69) is 38.5 Å². The van der Waals surface area contributed by atoms with E-state index in [0.717, 1.165) is 9.99 Å². The Balaban J connectivity index is 1.75. The molecule has 190 valence electrons. The zero-order valence-corrected chi connectivity index (χ0v) is 22.5. The van der Waals surface area contributed by atoms with Gasteiger partial charge in [-0.25, -0.2) is 0 Å². The number of halogens is 1. The van der Waals surface area contributed by atoms with Crippen LogP contribution in [0, 0.1) is 5.92 Å². The third-order valence-electron chi connectivity index (χ3n) is 5.58. The number of hydrogen-bond acceptors (Lipinski definition) is 5. The third-order valence-corrected chi connectivity index (χ3v) is 6.46. The van der Waals surface area contributed by atoms with E-state index in [1.54, 1.807) is 6.92 Å². The van der Waals surface area contributed by atoms with E-state index in [-0.39, 0.29) is 36.0 Å². The summed E-state index contributed by atoms with van der Waals surface area (Å²) in [7, 11) is 0. The van der Waals surface area contributed by atoms with Crippen molar-refractivity contribution in [1.82, 2.24) is 15.5 Å². The first-order valence-electron chi connectivity index (χ1n) is 11.7. The molecule has 1 heterocycles. The van der Waals surface area contributed by atoms with Crippen molar-refractivity contribution in [3.8, 4) is 0 Å². The van der Waals surface area contributed by atoms with Crippen LogP contribution in [0.25, 0.3) is 0 Å². The maximum Gasteiger partial charge on any atom is 0.253 e. The van der Waals surface area contributed by atoms with Crippen LogP contribution in [0.15, 0.2) is 36.4 Å². The van der Waals surface area contributed by atoms with E-state index < -0.39 is 18.0 Å². The van der Waals surface area contributed by atoms with Gasteiger partial charge in [0.25, 0.3) is 11.8 Å². The number of nitrogens with one attached hydrogen (secondary N) is 3. The molecule has 35 heavy (non-hydrogen) atoms. The number of carbonyl (C=O) groups excluding carboxylic acids is 5. The molecule has 3 N–H and O–H groups in total. The summed E-state index contributed by atoms with van der Waals surface area (Å²) in [6.07, 6.45) is 4.56. The number of benzene rings is 1. The van der Waals surface area contributed by atoms with Gasteiger partial charge in [-0.2, -0.15) is 0 Å². The van der Waals surface area contributed by atoms with Gasteiger partial charge >= 0.3 is 0 Å². The van der Waals surface area contributed by atoms with Gasteiger partial charge in [-0.15, -0.1) is 0 Å². The third kappa shape index (κ3) is 9.08. The number of amides is 5. The van der Waals surface area contributed by atoms with Crippen LogP contribution in [0.4, 0.5) is 5.69 Å². The Morgan fingerprint density at radius 1 is 0.886 bits per heavy atom. The van der Waals surface area contributed by atoms with E-state index in [0.29, 0.717) is 31.5 Å². The van der Waals surface area contributed by atoms with Gasteiger partial charge < -0.3 is 16.0 Å². The molecular formula is C25H33IN4O5. The van der Waals surface area contributed by atoms with Gasteiger partial charge in [0, 0.05) is 35.2 Å². The smallest absolute Gasteiger partial charge is 0.253 e. The Hall–Kier alpha value is -2.76. The zero-order chi connectivity index (χ0) is 26.0. The molecule has 0 saturated heterocycles. The van der Waals surface area contributed by atoms with Crippen LogP contribution >= 0.6 is 22.6 Å². The number of alkyl halides is 1. The Kier molecular flexibility index (Phi) is 11.4. The Bertz CT molecular complexity index is 943. The van der Waals surface area contributed by atoms with Crippen molar-refractivity contribution in [2.45, 2.75) is 63.0 Å². The lowest BCUT2D eigenvalue weighted by atomic mass is 10.0. The first-order chi connectivity index (χ1) is 16.6. The molecule has 2 rings (SSSR count). The second-order valence-corrected chi connectivity index (χ2v) is 9.57. The van der Waals surface area contributed by atoms with Crippen molar-refractivity contribution in [2.75, 3.05) is 11.9 Å². The molecule has 1 aliphatic heterocycles. The quantitative estimate of drug-likeness (QED) is 0.140. The van der Waals surface area contributed by atoms with Crippen LogP contribution < -0.4 is 16.0 Å². The zero-order valence-electron chi connectivity index (χ0n) is 20.3. The minimum Gasteiger partial charge on any atom is -0.344 e. The van der Waals surface area contributed by atoms with Crippen LogP contribution in [0.3, 0.4) is 0 Å². The molecule has 9 nitrogen and oxygen atoms in total. The number of imide groups is 1. The Morgan fingerprint density at radius 2 is 1.51 bits per heavy atom. The maximum absolute atomic E-state index is 12.8. The number of anilines is 1. The van der Waals surface area contributed by atoms with Gasteiger partial charge in [-0.05, 0) is 43.4 Å². The highest BCUT2D eigenvalue weighted by molar-refractivity contribution is 14.1. The van der Waals surface area contributed by atoms with Crippen molar-refractivity contribution < 1.29 is 24.0 Å². The molecule has 0 bridgehead atoms. The van der Waals surface area contributed by atoms with Crippen LogP contribution in [-0.4, -0.2) is 53.1 Å². The second-order valence-electron chi connectivity index (χ2n) is 8.81. The topological polar surface area (TPSA) is 125 Å². The lowest BCUT2D eigenvalue weighted by molar-refractivity contribution is -0.137. The van der Waals surface area contributed by atoms with Crippen LogP contribution in [0.1, 0.15) is 52.0 Å². The molecule has 0 saturated carbocycles. The van der Waals surface area contributed by atoms with Gasteiger partial charge in [-0.3, -0.25) is 28.9 Å². The maximum atomic E-state index is 12.8. The van der Waals surface area contributed by atoms with Crippen LogP contribution in [-0.2, 0) is 28.4 Å². The van der Waals surface area contributed by atoms with Crippen molar-refractivity contribution in [1.29, 1.82) is 0 Å². The summed E-state index contributed by atoms with van der Waals surface area (Å²) in [4.78, 5) is 61.9. The normalized spacial score (nSPS) is 14.7. The standard InChI is InChI=1S/C25H33IN4O5/c1-16(2)23(29-20(31)7-5-4-6-14-30-21(32)12-13-22(30)33)25(35)27-17(3)24(34)28-19-10-8-18(15-26)9-11-19/h8-13,16-17,23H,4-7,14-15H2,1-3H3,(H,27,35)(H,28,34)(H,29,31)/t17-,23-/m0/s1. The molecule has 0 spiro atoms. The lowest BCUT2D eigenvalue weighted by Crippen LogP contribution is -2.53. The predicted molar refractivity (Wildman–Crippen MR) is 141 cm³/mol. The van der Waals surface area contributed by atoms with Crippen molar-refractivity contribution in [3.05, 3.63) is 42.0 Å². The molecule has 1 aromatic carbocycles. The molecule has 1 aromatic rings. The molecular weight excluding hydrogens is 563 g/mol. The monoisotopic (exact) mass is 596 g/mol. The molecule has 0 aromatic heterocycles. The fourth-order valence-corrected chi connectivity index (χ4v) is 3.97. The van der Waals surface area contributed by atoms with E-state index in [9.17, 15) is 24.0 Å². The predicted octanol–water partition coefficient (Wildman–Crippen LogP) is 2.69. The Morgan fingerprint density at radius 3 is 2.09 bits per heavy atom. The van der Waals surface area contributed by atoms with Gasteiger partial charge in [-0.1, -0.05) is 55.0 Å². The SMILES string of the molecule is CC(C)[C@H](NC(=O)CCCCCN1C(=O)C=CC1=O)C(=O)N[C@@H](C)C(=O)Nc1ccc(CI)cc1. The van der Waals surface area contributed by atoms with Crippen molar-refractivity contribution in [3.63, 3.8) is 0 Å². The van der Waals surface area contributed by atoms with Gasteiger partial charge in [0.1, 0.15) is 12.1 Å². The summed E-state index contributed by atoms with van der Waals surface area (Å²) in [5.74, 6) is -1.82. The first kappa shape index (κ1) is 28.5. The molecule has 0 aliphatic carbocycles. The molecule has 0 unspecified atom stereocenters. The number of carbonyl (C=O) groups is 5. The van der Waals surface area contributed by atoms with Crippen LogP contribution in [0.2, 0.25) is 0 Å². The second kappa shape index (κ2) is 14.0. The highest BCUT2D eigenvalue weighted by Gasteiger charge is 2.27. The molecule has 2 atom stereocenters. The molecule has 0 fully saturated rings. The van der Waals surface area contributed by atoms with Crippen molar-refractivity contribution in [2.24, 2.45) is 5.92 Å². The summed E-state index contributed by atoms with van der Waals surface area (Å²) in [6.45, 7) is 5.56. The Labute approximate surface area is 219 Å². The lowest BCUT2D eigenvalue weighted by Gasteiger charge is -2.24. The van der Waals surface area contributed by atoms with E-state index in [1.807, 2.05) is 38.1 Å². The summed E-state index contributed by atoms with van der Waals surface area (Å²) in [5.41, 5.74) is 1.79. The fraction of sp³-hybridized carbons (Fsp3) is 0.480. The van der Waals surface area contributed by atoms with E-state index >= 15 is 0 Å². The summed E-state index contributed by atoms with van der Waals surface area (Å²) >= 11 is 2.26. The summed E-state index contributed by atoms with van der Waals surface area (Å²) in [6, 6.07) is 5.93. The average molecular weight is 596 g/mol. The molecule has 0 radical (unpaired) electrons. The van der Waals surface area contributed by atoms with Crippen molar-refractivity contribution >= 4 is 57.8 Å². The fourth-order valence-electron chi connectivity index (χ4n) is 3.46. The first-order valence-corrected chi connectivity index (χ1v) is 13.2. The largest absolute Gasteiger partial charge is 0.344 e. The van der Waals surface area contributed by atoms with E-state index in [1.165, 1.54) is 17.1 Å². The van der Waals surface area contributed by atoms with Gasteiger partial charge in [0.15, 0.2) is 0 Å². The molecule has 10 heteroatoms. The molecule has 1 aliphatic rings. The summed E-state index contributed by atoms with van der Waals surface area (Å²) < 4.78 is 0.874.